The van der Waals surface area contributed by atoms with Crippen molar-refractivity contribution in [2.45, 2.75) is 32.0 Å². The minimum Gasteiger partial charge on any atom is -0.334 e. The third-order valence-corrected chi connectivity index (χ3v) is 5.50. The maximum Gasteiger partial charge on any atom is 0.332 e. The molecular formula is C17H19N5O3S. The normalized spacial score (nSPS) is 14.1. The highest BCUT2D eigenvalue weighted by molar-refractivity contribution is 7.07. The molecule has 3 aromatic rings. The van der Waals surface area contributed by atoms with Gasteiger partial charge in [-0.2, -0.15) is 11.3 Å². The van der Waals surface area contributed by atoms with Crippen molar-refractivity contribution in [1.82, 2.24) is 23.6 Å². The van der Waals surface area contributed by atoms with E-state index in [4.69, 9.17) is 0 Å². The van der Waals surface area contributed by atoms with Crippen LogP contribution < -0.4 is 11.2 Å². The molecule has 1 saturated carbocycles. The molecule has 0 atom stereocenters. The molecule has 0 saturated heterocycles. The number of thiophene rings is 1. The van der Waals surface area contributed by atoms with Crippen LogP contribution in [-0.2, 0) is 32.0 Å². The number of imidazole rings is 1. The van der Waals surface area contributed by atoms with Crippen LogP contribution in [0.4, 0.5) is 0 Å². The second kappa shape index (κ2) is 6.24. The van der Waals surface area contributed by atoms with Crippen LogP contribution in [-0.4, -0.2) is 35.5 Å². The number of rotatable bonds is 5. The number of nitrogens with zero attached hydrogens (tertiary/aromatic N) is 5. The lowest BCUT2D eigenvalue weighted by Crippen LogP contribution is -2.39. The predicted molar refractivity (Wildman–Crippen MR) is 98.1 cm³/mol. The lowest BCUT2D eigenvalue weighted by Gasteiger charge is -2.22. The fourth-order valence-corrected chi connectivity index (χ4v) is 3.80. The Bertz CT molecular complexity index is 1090. The summed E-state index contributed by atoms with van der Waals surface area (Å²) >= 11 is 1.61. The van der Waals surface area contributed by atoms with Crippen molar-refractivity contribution in [3.8, 4) is 0 Å². The number of hydrogen-bond acceptors (Lipinski definition) is 5. The van der Waals surface area contributed by atoms with Crippen LogP contribution in [0.15, 0.2) is 32.7 Å². The maximum absolute atomic E-state index is 12.9. The molecule has 0 bridgehead atoms. The van der Waals surface area contributed by atoms with Crippen molar-refractivity contribution in [3.63, 3.8) is 0 Å². The van der Waals surface area contributed by atoms with Crippen molar-refractivity contribution in [1.29, 1.82) is 0 Å². The van der Waals surface area contributed by atoms with Crippen LogP contribution in [0.5, 0.6) is 0 Å². The lowest BCUT2D eigenvalue weighted by atomic mass is 10.3. The van der Waals surface area contributed by atoms with Crippen LogP contribution in [0.1, 0.15) is 18.4 Å². The van der Waals surface area contributed by atoms with E-state index in [1.807, 2.05) is 21.7 Å². The second-order valence-corrected chi connectivity index (χ2v) is 7.41. The van der Waals surface area contributed by atoms with Gasteiger partial charge in [-0.15, -0.1) is 0 Å². The van der Waals surface area contributed by atoms with Crippen molar-refractivity contribution < 1.29 is 4.79 Å². The number of carbonyl (C=O) groups excluding carboxylic acids is 1. The number of hydrogen-bond donors (Lipinski definition) is 0. The van der Waals surface area contributed by atoms with E-state index in [-0.39, 0.29) is 24.0 Å². The molecule has 0 unspecified atom stereocenters. The van der Waals surface area contributed by atoms with Crippen molar-refractivity contribution in [3.05, 3.63) is 49.6 Å². The maximum atomic E-state index is 12.9. The first-order chi connectivity index (χ1) is 12.5. The highest BCUT2D eigenvalue weighted by atomic mass is 32.1. The van der Waals surface area contributed by atoms with E-state index in [1.54, 1.807) is 23.0 Å². The molecule has 26 heavy (non-hydrogen) atoms. The molecule has 3 heterocycles. The van der Waals surface area contributed by atoms with Gasteiger partial charge in [-0.25, -0.2) is 9.78 Å². The van der Waals surface area contributed by atoms with E-state index in [1.165, 1.54) is 17.9 Å². The number of carbonyl (C=O) groups is 1. The van der Waals surface area contributed by atoms with Gasteiger partial charge in [0.25, 0.3) is 5.56 Å². The molecule has 0 aliphatic heterocycles. The Hall–Kier alpha value is -2.68. The lowest BCUT2D eigenvalue weighted by molar-refractivity contribution is -0.133. The summed E-state index contributed by atoms with van der Waals surface area (Å²) in [6.07, 6.45) is 3.48. The monoisotopic (exact) mass is 373 g/mol. The summed E-state index contributed by atoms with van der Waals surface area (Å²) in [7, 11) is 2.99. The predicted octanol–water partition coefficient (Wildman–Crippen LogP) is 0.686. The third-order valence-electron chi connectivity index (χ3n) is 4.76. The van der Waals surface area contributed by atoms with Gasteiger partial charge >= 0.3 is 5.69 Å². The molecule has 3 aromatic heterocycles. The first-order valence-electron chi connectivity index (χ1n) is 8.38. The molecule has 8 nitrogen and oxygen atoms in total. The Balaban J connectivity index is 1.67. The van der Waals surface area contributed by atoms with E-state index in [0.717, 1.165) is 23.0 Å². The number of amides is 1. The molecule has 4 rings (SSSR count). The minimum atomic E-state index is -0.441. The van der Waals surface area contributed by atoms with E-state index < -0.39 is 11.2 Å². The molecule has 1 aliphatic carbocycles. The molecule has 0 N–H and O–H groups in total. The van der Waals surface area contributed by atoms with Crippen molar-refractivity contribution in [2.75, 3.05) is 0 Å². The van der Waals surface area contributed by atoms with Crippen molar-refractivity contribution >= 4 is 28.4 Å². The minimum absolute atomic E-state index is 0.0323. The third kappa shape index (κ3) is 2.78. The Kier molecular flexibility index (Phi) is 4.03. The highest BCUT2D eigenvalue weighted by Crippen LogP contribution is 2.29. The number of aromatic nitrogens is 4. The Morgan fingerprint density at radius 2 is 2.08 bits per heavy atom. The van der Waals surface area contributed by atoms with Gasteiger partial charge in [0, 0.05) is 26.7 Å². The Morgan fingerprint density at radius 3 is 2.73 bits per heavy atom. The van der Waals surface area contributed by atoms with Crippen LogP contribution in [0.25, 0.3) is 11.2 Å². The molecule has 1 amide bonds. The average molecular weight is 373 g/mol. The number of aryl methyl sites for hydroxylation is 1. The van der Waals surface area contributed by atoms with E-state index in [2.05, 4.69) is 4.98 Å². The van der Waals surface area contributed by atoms with Crippen molar-refractivity contribution in [2.24, 2.45) is 14.1 Å². The molecular weight excluding hydrogens is 354 g/mol. The van der Waals surface area contributed by atoms with E-state index in [0.29, 0.717) is 12.2 Å². The van der Waals surface area contributed by atoms with Gasteiger partial charge in [-0.1, -0.05) is 0 Å². The van der Waals surface area contributed by atoms with E-state index in [9.17, 15) is 14.4 Å². The summed E-state index contributed by atoms with van der Waals surface area (Å²) in [5.74, 6) is -0.0473. The SMILES string of the molecule is Cn1c(=O)c2c(ncn2CC(=O)N(Cc2ccsc2)C2CC2)n(C)c1=O. The molecule has 1 aliphatic rings. The van der Waals surface area contributed by atoms with Crippen LogP contribution in [0.2, 0.25) is 0 Å². The molecule has 136 valence electrons. The van der Waals surface area contributed by atoms with Crippen LogP contribution in [0.3, 0.4) is 0 Å². The summed E-state index contributed by atoms with van der Waals surface area (Å²) in [6, 6.07) is 2.29. The standard InChI is InChI=1S/C17H19N5O3S/c1-19-15-14(16(24)20(2)17(19)25)21(10-18-15)8-13(23)22(12-3-4-12)7-11-5-6-26-9-11/h5-6,9-10,12H,3-4,7-8H2,1-2H3. The van der Waals surface area contributed by atoms with Gasteiger partial charge in [0.05, 0.1) is 6.33 Å². The average Bonchev–Trinajstić information content (AvgIpc) is 3.16. The summed E-state index contributed by atoms with van der Waals surface area (Å²) in [4.78, 5) is 43.5. The molecule has 9 heteroatoms. The quantitative estimate of drug-likeness (QED) is 0.659. The van der Waals surface area contributed by atoms with Gasteiger partial charge < -0.3 is 9.47 Å². The van der Waals surface area contributed by atoms with Gasteiger partial charge in [-0.05, 0) is 35.2 Å². The fraction of sp³-hybridized carbons (Fsp3) is 0.412. The Labute approximate surface area is 152 Å². The second-order valence-electron chi connectivity index (χ2n) is 6.63. The van der Waals surface area contributed by atoms with Crippen LogP contribution >= 0.6 is 11.3 Å². The van der Waals surface area contributed by atoms with Gasteiger partial charge in [0.1, 0.15) is 6.54 Å². The van der Waals surface area contributed by atoms with E-state index >= 15 is 0 Å². The molecule has 0 spiro atoms. The largest absolute Gasteiger partial charge is 0.334 e. The topological polar surface area (TPSA) is 82.1 Å². The summed E-state index contributed by atoms with van der Waals surface area (Å²) < 4.78 is 3.90. The summed E-state index contributed by atoms with van der Waals surface area (Å²) in [5, 5.41) is 4.04. The number of fused-ring (bicyclic) bond motifs is 1. The first-order valence-corrected chi connectivity index (χ1v) is 9.33. The molecule has 0 aromatic carbocycles. The molecule has 1 fully saturated rings. The zero-order chi connectivity index (χ0) is 18.4. The van der Waals surface area contributed by atoms with Crippen LogP contribution in [0, 0.1) is 0 Å². The summed E-state index contributed by atoms with van der Waals surface area (Å²) in [6.45, 7) is 0.612. The fourth-order valence-electron chi connectivity index (χ4n) is 3.14. The summed E-state index contributed by atoms with van der Waals surface area (Å²) in [5.41, 5.74) is 0.806. The van der Waals surface area contributed by atoms with Gasteiger partial charge in [-0.3, -0.25) is 18.7 Å². The first kappa shape index (κ1) is 16.8. The highest BCUT2D eigenvalue weighted by Gasteiger charge is 2.33. The zero-order valence-electron chi connectivity index (χ0n) is 14.6. The Morgan fingerprint density at radius 1 is 1.31 bits per heavy atom. The molecule has 0 radical (unpaired) electrons. The smallest absolute Gasteiger partial charge is 0.332 e. The van der Waals surface area contributed by atoms with Gasteiger partial charge in [0.2, 0.25) is 5.91 Å². The zero-order valence-corrected chi connectivity index (χ0v) is 15.4. The van der Waals surface area contributed by atoms with Gasteiger partial charge in [0.15, 0.2) is 11.2 Å².